The van der Waals surface area contributed by atoms with E-state index in [0.717, 1.165) is 19.4 Å². The Balaban J connectivity index is 2.24. The van der Waals surface area contributed by atoms with Crippen molar-refractivity contribution in [1.82, 2.24) is 0 Å². The van der Waals surface area contributed by atoms with Crippen molar-refractivity contribution in [3.63, 3.8) is 0 Å². The van der Waals surface area contributed by atoms with Crippen LogP contribution in [-0.2, 0) is 19.4 Å². The number of aryl methyl sites for hydroxylation is 2. The minimum atomic E-state index is 0.859. The van der Waals surface area contributed by atoms with Gasteiger partial charge in [0, 0.05) is 32.0 Å². The van der Waals surface area contributed by atoms with Crippen LogP contribution in [0.5, 0.6) is 0 Å². The van der Waals surface area contributed by atoms with E-state index < -0.39 is 0 Å². The second-order valence-corrected chi connectivity index (χ2v) is 5.54. The molecule has 0 aliphatic rings. The highest BCUT2D eigenvalue weighted by Crippen LogP contribution is 2.25. The Morgan fingerprint density at radius 2 is 1.38 bits per heavy atom. The Labute approximate surface area is 128 Å². The molecule has 0 saturated heterocycles. The van der Waals surface area contributed by atoms with Crippen LogP contribution in [0.25, 0.3) is 0 Å². The molecule has 0 amide bonds. The average Bonchev–Trinajstić information content (AvgIpc) is 2.52. The summed E-state index contributed by atoms with van der Waals surface area (Å²) < 4.78 is 0. The van der Waals surface area contributed by atoms with Crippen LogP contribution in [0.4, 0.5) is 11.4 Å². The molecule has 112 valence electrons. The molecule has 2 heteroatoms. The third-order valence-corrected chi connectivity index (χ3v) is 3.93. The monoisotopic (exact) mass is 282 g/mol. The molecule has 21 heavy (non-hydrogen) atoms. The zero-order valence-corrected chi connectivity index (χ0v) is 13.6. The van der Waals surface area contributed by atoms with E-state index in [1.165, 1.54) is 28.1 Å². The van der Waals surface area contributed by atoms with Gasteiger partial charge in [0.2, 0.25) is 0 Å². The molecule has 1 N–H and O–H groups in total. The molecule has 2 aromatic carbocycles. The summed E-state index contributed by atoms with van der Waals surface area (Å²) in [7, 11) is 4.19. The number of para-hydroxylation sites is 2. The third kappa shape index (κ3) is 3.57. The van der Waals surface area contributed by atoms with Crippen molar-refractivity contribution in [3.05, 3.63) is 59.2 Å². The molecule has 0 aliphatic heterocycles. The maximum atomic E-state index is 3.67. The van der Waals surface area contributed by atoms with Crippen molar-refractivity contribution in [2.45, 2.75) is 33.2 Å². The summed E-state index contributed by atoms with van der Waals surface area (Å²) in [6.45, 7) is 5.29. The van der Waals surface area contributed by atoms with E-state index in [1.54, 1.807) is 0 Å². The lowest BCUT2D eigenvalue weighted by atomic mass is 10.0. The molecule has 0 fully saturated rings. The standard InChI is InChI=1S/C19H26N2/c1-5-15-11-9-12-16(6-2)19(15)20-14-17-10-7-8-13-18(17)21(3)4/h7-13,20H,5-6,14H2,1-4H3. The Bertz CT molecular complexity index is 566. The molecule has 0 saturated carbocycles. The first kappa shape index (κ1) is 15.4. The van der Waals surface area contributed by atoms with Crippen molar-refractivity contribution >= 4 is 11.4 Å². The molecular formula is C19H26N2. The fourth-order valence-electron chi connectivity index (χ4n) is 2.75. The molecule has 0 aromatic heterocycles. The summed E-state index contributed by atoms with van der Waals surface area (Å²) in [5.41, 5.74) is 6.72. The molecule has 0 atom stereocenters. The van der Waals surface area contributed by atoms with Crippen LogP contribution in [-0.4, -0.2) is 14.1 Å². The van der Waals surface area contributed by atoms with Crippen molar-refractivity contribution < 1.29 is 0 Å². The van der Waals surface area contributed by atoms with Gasteiger partial charge in [0.15, 0.2) is 0 Å². The molecule has 0 heterocycles. The van der Waals surface area contributed by atoms with E-state index in [9.17, 15) is 0 Å². The second kappa shape index (κ2) is 7.16. The van der Waals surface area contributed by atoms with E-state index in [0.29, 0.717) is 0 Å². The van der Waals surface area contributed by atoms with Gasteiger partial charge >= 0.3 is 0 Å². The van der Waals surface area contributed by atoms with Gasteiger partial charge in [-0.3, -0.25) is 0 Å². The first-order valence-electron chi connectivity index (χ1n) is 7.77. The number of nitrogens with zero attached hydrogens (tertiary/aromatic N) is 1. The van der Waals surface area contributed by atoms with Crippen molar-refractivity contribution in [2.24, 2.45) is 0 Å². The molecule has 2 aromatic rings. The van der Waals surface area contributed by atoms with Crippen LogP contribution < -0.4 is 10.2 Å². The highest BCUT2D eigenvalue weighted by atomic mass is 15.1. The lowest BCUT2D eigenvalue weighted by Gasteiger charge is -2.20. The van der Waals surface area contributed by atoms with Gasteiger partial charge in [0.25, 0.3) is 0 Å². The molecular weight excluding hydrogens is 256 g/mol. The quantitative estimate of drug-likeness (QED) is 0.840. The topological polar surface area (TPSA) is 15.3 Å². The van der Waals surface area contributed by atoms with Gasteiger partial charge in [-0.2, -0.15) is 0 Å². The lowest BCUT2D eigenvalue weighted by molar-refractivity contribution is 1.03. The summed E-state index contributed by atoms with van der Waals surface area (Å²) in [4.78, 5) is 2.17. The van der Waals surface area contributed by atoms with Crippen LogP contribution in [0.15, 0.2) is 42.5 Å². The maximum absolute atomic E-state index is 3.67. The van der Waals surface area contributed by atoms with Crippen LogP contribution in [0.3, 0.4) is 0 Å². The van der Waals surface area contributed by atoms with E-state index in [1.807, 2.05) is 0 Å². The summed E-state index contributed by atoms with van der Waals surface area (Å²) in [6.07, 6.45) is 2.12. The molecule has 0 spiro atoms. The fourth-order valence-corrected chi connectivity index (χ4v) is 2.75. The van der Waals surface area contributed by atoms with E-state index in [4.69, 9.17) is 0 Å². The first-order chi connectivity index (χ1) is 10.2. The molecule has 2 nitrogen and oxygen atoms in total. The summed E-state index contributed by atoms with van der Waals surface area (Å²) >= 11 is 0. The van der Waals surface area contributed by atoms with Gasteiger partial charge in [-0.05, 0) is 35.6 Å². The van der Waals surface area contributed by atoms with Gasteiger partial charge in [-0.15, -0.1) is 0 Å². The highest BCUT2D eigenvalue weighted by molar-refractivity contribution is 5.60. The summed E-state index contributed by atoms with van der Waals surface area (Å²) in [6, 6.07) is 15.2. The van der Waals surface area contributed by atoms with Gasteiger partial charge in [-0.25, -0.2) is 0 Å². The Kier molecular flexibility index (Phi) is 5.26. The van der Waals surface area contributed by atoms with Gasteiger partial charge in [-0.1, -0.05) is 50.2 Å². The van der Waals surface area contributed by atoms with E-state index >= 15 is 0 Å². The predicted molar refractivity (Wildman–Crippen MR) is 93.3 cm³/mol. The normalized spacial score (nSPS) is 10.5. The van der Waals surface area contributed by atoms with Crippen LogP contribution in [0, 0.1) is 0 Å². The van der Waals surface area contributed by atoms with Gasteiger partial charge < -0.3 is 10.2 Å². The minimum Gasteiger partial charge on any atom is -0.380 e. The Morgan fingerprint density at radius 1 is 0.810 bits per heavy atom. The SMILES string of the molecule is CCc1cccc(CC)c1NCc1ccccc1N(C)C. The highest BCUT2D eigenvalue weighted by Gasteiger charge is 2.08. The van der Waals surface area contributed by atoms with Gasteiger partial charge in [0.05, 0.1) is 0 Å². The number of hydrogen-bond acceptors (Lipinski definition) is 2. The number of nitrogens with one attached hydrogen (secondary N) is 1. The second-order valence-electron chi connectivity index (χ2n) is 5.54. The van der Waals surface area contributed by atoms with Gasteiger partial charge in [0.1, 0.15) is 0 Å². The third-order valence-electron chi connectivity index (χ3n) is 3.93. The van der Waals surface area contributed by atoms with Crippen molar-refractivity contribution in [2.75, 3.05) is 24.3 Å². The fraction of sp³-hybridized carbons (Fsp3) is 0.368. The predicted octanol–water partition coefficient (Wildman–Crippen LogP) is 4.49. The Hall–Kier alpha value is -1.96. The maximum Gasteiger partial charge on any atom is 0.0421 e. The molecule has 0 bridgehead atoms. The molecule has 2 rings (SSSR count). The van der Waals surface area contributed by atoms with Crippen LogP contribution in [0.2, 0.25) is 0 Å². The Morgan fingerprint density at radius 3 is 1.95 bits per heavy atom. The number of rotatable bonds is 6. The first-order valence-corrected chi connectivity index (χ1v) is 7.77. The summed E-state index contributed by atoms with van der Waals surface area (Å²) in [5.74, 6) is 0. The van der Waals surface area contributed by atoms with Crippen molar-refractivity contribution in [1.29, 1.82) is 0 Å². The van der Waals surface area contributed by atoms with E-state index in [2.05, 4.69) is 80.6 Å². The number of benzene rings is 2. The zero-order valence-electron chi connectivity index (χ0n) is 13.6. The number of anilines is 2. The van der Waals surface area contributed by atoms with Crippen LogP contribution in [0.1, 0.15) is 30.5 Å². The van der Waals surface area contributed by atoms with E-state index in [-0.39, 0.29) is 0 Å². The number of hydrogen-bond donors (Lipinski definition) is 1. The van der Waals surface area contributed by atoms with Crippen LogP contribution >= 0.6 is 0 Å². The smallest absolute Gasteiger partial charge is 0.0421 e. The lowest BCUT2D eigenvalue weighted by Crippen LogP contribution is -2.13. The average molecular weight is 282 g/mol. The molecule has 0 radical (unpaired) electrons. The summed E-state index contributed by atoms with van der Waals surface area (Å²) in [5, 5.41) is 3.67. The van der Waals surface area contributed by atoms with Crippen molar-refractivity contribution in [3.8, 4) is 0 Å². The zero-order chi connectivity index (χ0) is 15.2. The molecule has 0 unspecified atom stereocenters. The largest absolute Gasteiger partial charge is 0.380 e. The molecule has 0 aliphatic carbocycles. The minimum absolute atomic E-state index is 0.859.